The number of esters is 4. The molecule has 2 fully saturated rings. The summed E-state index contributed by atoms with van der Waals surface area (Å²) >= 11 is 0. The van der Waals surface area contributed by atoms with E-state index in [0.29, 0.717) is 0 Å². The number of benzene rings is 3. The Morgan fingerprint density at radius 3 is 1.48 bits per heavy atom. The van der Waals surface area contributed by atoms with Crippen molar-refractivity contribution in [2.75, 3.05) is 20.3 Å². The van der Waals surface area contributed by atoms with Crippen LogP contribution in [0.25, 0.3) is 0 Å². The molecule has 3 aromatic carbocycles. The largest absolute Gasteiger partial charge is 0.463 e. The summed E-state index contributed by atoms with van der Waals surface area (Å²) in [5.41, 5.74) is 2.70. The number of urea groups is 1. The van der Waals surface area contributed by atoms with Crippen molar-refractivity contribution in [3.05, 3.63) is 108 Å². The number of amides is 2. The highest BCUT2D eigenvalue weighted by Gasteiger charge is 2.53. The van der Waals surface area contributed by atoms with E-state index in [1.807, 2.05) is 91.0 Å². The summed E-state index contributed by atoms with van der Waals surface area (Å²) in [4.78, 5) is 62.3. The van der Waals surface area contributed by atoms with Crippen LogP contribution in [0.4, 0.5) is 4.79 Å². The highest BCUT2D eigenvalue weighted by molar-refractivity contribution is 5.74. The number of carbonyl (C=O) groups is 5. The number of nitrogens with one attached hydrogen (secondary N) is 2. The first-order chi connectivity index (χ1) is 28.9. The van der Waals surface area contributed by atoms with Crippen LogP contribution in [0, 0.1) is 0 Å². The molecule has 0 aliphatic carbocycles. The van der Waals surface area contributed by atoms with Crippen LogP contribution in [0.5, 0.6) is 0 Å². The molecule has 3 aromatic rings. The van der Waals surface area contributed by atoms with Crippen molar-refractivity contribution in [2.45, 2.75) is 109 Å². The Bertz CT molecular complexity index is 1840. The molecule has 0 spiro atoms. The molecule has 2 heterocycles. The maximum atomic E-state index is 13.8. The lowest BCUT2D eigenvalue weighted by molar-refractivity contribution is -0.316. The van der Waals surface area contributed by atoms with Gasteiger partial charge in [-0.2, -0.15) is 0 Å². The maximum Gasteiger partial charge on any atom is 0.317 e. The summed E-state index contributed by atoms with van der Waals surface area (Å²) in [5, 5.41) is 5.38. The summed E-state index contributed by atoms with van der Waals surface area (Å²) in [6, 6.07) is 27.9. The summed E-state index contributed by atoms with van der Waals surface area (Å²) in [6.45, 7) is 4.40. The highest BCUT2D eigenvalue weighted by Crippen LogP contribution is 2.32. The lowest BCUT2D eigenvalue weighted by Crippen LogP contribution is -2.67. The quantitative estimate of drug-likeness (QED) is 0.139. The van der Waals surface area contributed by atoms with E-state index < -0.39 is 97.9 Å². The van der Waals surface area contributed by atoms with Gasteiger partial charge in [0.2, 0.25) is 0 Å². The van der Waals surface area contributed by atoms with Gasteiger partial charge < -0.3 is 58.0 Å². The number of rotatable bonds is 18. The molecule has 2 saturated heterocycles. The molecule has 0 unspecified atom stereocenters. The fourth-order valence-electron chi connectivity index (χ4n) is 6.82. The molecule has 2 N–H and O–H groups in total. The number of ether oxygens (including phenoxy) is 10. The summed E-state index contributed by atoms with van der Waals surface area (Å²) in [5.74, 6) is -3.11. The zero-order chi connectivity index (χ0) is 43.0. The molecule has 10 atom stereocenters. The van der Waals surface area contributed by atoms with Gasteiger partial charge in [-0.25, -0.2) is 4.79 Å². The van der Waals surface area contributed by atoms with Crippen molar-refractivity contribution < 1.29 is 71.3 Å². The molecule has 0 bridgehead atoms. The predicted molar refractivity (Wildman–Crippen MR) is 209 cm³/mol. The van der Waals surface area contributed by atoms with Gasteiger partial charge in [0.1, 0.15) is 37.1 Å². The SMILES string of the molecule is CO[C@H]1O[C@H](CNC(=O)N[C@@H]2O[C@H](COC(C)=O)[C@@H](OC(C)=O)[C@H](OC(C)=O)[C@H]2OC(C)=O)[C@@H](OCc2ccccc2)[C@H](OCc2ccccc2)[C@H]1OCc1ccccc1. The van der Waals surface area contributed by atoms with Gasteiger partial charge in [0, 0.05) is 41.3 Å². The topological polar surface area (TPSA) is 202 Å². The van der Waals surface area contributed by atoms with Crippen LogP contribution in [-0.2, 0) is 86.4 Å². The second kappa shape index (κ2) is 22.8. The average Bonchev–Trinajstić information content (AvgIpc) is 3.22. The Balaban J connectivity index is 1.40. The Morgan fingerprint density at radius 2 is 1.00 bits per heavy atom. The van der Waals surface area contributed by atoms with Crippen LogP contribution in [0.1, 0.15) is 44.4 Å². The molecule has 5 rings (SSSR count). The van der Waals surface area contributed by atoms with E-state index in [4.69, 9.17) is 47.4 Å². The third-order valence-corrected chi connectivity index (χ3v) is 9.41. The molecular weight excluding hydrogens is 784 g/mol. The summed E-state index contributed by atoms with van der Waals surface area (Å²) in [6.07, 6.45) is -11.4. The van der Waals surface area contributed by atoms with Crippen molar-refractivity contribution in [2.24, 2.45) is 0 Å². The van der Waals surface area contributed by atoms with Crippen molar-refractivity contribution in [1.29, 1.82) is 0 Å². The fourth-order valence-corrected chi connectivity index (χ4v) is 6.82. The predicted octanol–water partition coefficient (Wildman–Crippen LogP) is 3.50. The van der Waals surface area contributed by atoms with E-state index in [1.54, 1.807) is 0 Å². The number of carbonyl (C=O) groups excluding carboxylic acids is 5. The van der Waals surface area contributed by atoms with Crippen LogP contribution in [0.2, 0.25) is 0 Å². The zero-order valence-corrected chi connectivity index (χ0v) is 34.1. The van der Waals surface area contributed by atoms with Gasteiger partial charge >= 0.3 is 29.9 Å². The molecule has 0 saturated carbocycles. The molecule has 0 aromatic heterocycles. The molecule has 60 heavy (non-hydrogen) atoms. The van der Waals surface area contributed by atoms with Crippen LogP contribution in [0.15, 0.2) is 91.0 Å². The number of methoxy groups -OCH3 is 1. The molecule has 2 aliphatic heterocycles. The van der Waals surface area contributed by atoms with E-state index in [1.165, 1.54) is 7.11 Å². The van der Waals surface area contributed by atoms with E-state index in [0.717, 1.165) is 44.4 Å². The van der Waals surface area contributed by atoms with Gasteiger partial charge in [0.25, 0.3) is 0 Å². The van der Waals surface area contributed by atoms with E-state index in [-0.39, 0.29) is 26.4 Å². The molecular formula is C43H52N2O15. The van der Waals surface area contributed by atoms with E-state index in [9.17, 15) is 24.0 Å². The Labute approximate surface area is 348 Å². The lowest BCUT2D eigenvalue weighted by Gasteiger charge is -2.46. The number of hydrogen-bond donors (Lipinski definition) is 2. The standard InChI is InChI=1S/C43H52N2O15/c1-26(46)52-25-34-36(56-27(2)47)38(57-28(3)48)39(58-29(4)49)41(59-34)45-43(50)44-21-33-35(53-22-30-15-9-6-10-16-30)37(54-23-31-17-11-7-12-18-31)40(42(51-5)60-33)55-24-32-19-13-8-14-20-32/h6-20,33-42H,21-25H2,1-5H3,(H2,44,45,50)/t33-,34-,35-,36-,37+,38+,39-,40-,41-,42+/m1/s1. The van der Waals surface area contributed by atoms with Crippen LogP contribution < -0.4 is 10.6 Å². The summed E-state index contributed by atoms with van der Waals surface area (Å²) < 4.78 is 59.6. The summed E-state index contributed by atoms with van der Waals surface area (Å²) in [7, 11) is 1.48. The molecule has 324 valence electrons. The van der Waals surface area contributed by atoms with Gasteiger partial charge in [0.15, 0.2) is 30.8 Å². The Kier molecular flexibility index (Phi) is 17.4. The van der Waals surface area contributed by atoms with Gasteiger partial charge in [-0.1, -0.05) is 91.0 Å². The first-order valence-corrected chi connectivity index (χ1v) is 19.4. The van der Waals surface area contributed by atoms with E-state index in [2.05, 4.69) is 10.6 Å². The van der Waals surface area contributed by atoms with Gasteiger partial charge in [-0.05, 0) is 16.7 Å². The second-order valence-corrected chi connectivity index (χ2v) is 14.0. The van der Waals surface area contributed by atoms with Gasteiger partial charge in [-0.3, -0.25) is 19.2 Å². The van der Waals surface area contributed by atoms with Crippen molar-refractivity contribution in [1.82, 2.24) is 10.6 Å². The van der Waals surface area contributed by atoms with Crippen LogP contribution in [-0.4, -0.2) is 112 Å². The van der Waals surface area contributed by atoms with E-state index >= 15 is 0 Å². The monoisotopic (exact) mass is 836 g/mol. The normalized spacial score (nSPS) is 26.2. The Morgan fingerprint density at radius 1 is 0.533 bits per heavy atom. The molecule has 0 radical (unpaired) electrons. The first-order valence-electron chi connectivity index (χ1n) is 19.4. The first kappa shape index (κ1) is 45.7. The van der Waals surface area contributed by atoms with Crippen LogP contribution >= 0.6 is 0 Å². The molecule has 2 amide bonds. The molecule has 17 heteroatoms. The van der Waals surface area contributed by atoms with Crippen molar-refractivity contribution in [3.63, 3.8) is 0 Å². The average molecular weight is 837 g/mol. The van der Waals surface area contributed by atoms with Crippen LogP contribution in [0.3, 0.4) is 0 Å². The van der Waals surface area contributed by atoms with Crippen molar-refractivity contribution >= 4 is 29.9 Å². The van der Waals surface area contributed by atoms with Crippen molar-refractivity contribution in [3.8, 4) is 0 Å². The smallest absolute Gasteiger partial charge is 0.317 e. The third kappa shape index (κ3) is 13.6. The minimum atomic E-state index is -1.51. The molecule has 2 aliphatic rings. The lowest BCUT2D eigenvalue weighted by atomic mass is 9.97. The van der Waals surface area contributed by atoms with Gasteiger partial charge in [-0.15, -0.1) is 0 Å². The second-order valence-electron chi connectivity index (χ2n) is 14.0. The molecule has 17 nitrogen and oxygen atoms in total. The fraction of sp³-hybridized carbons (Fsp3) is 0.465. The number of hydrogen-bond acceptors (Lipinski definition) is 15. The third-order valence-electron chi connectivity index (χ3n) is 9.41. The maximum absolute atomic E-state index is 13.8. The minimum Gasteiger partial charge on any atom is -0.463 e. The minimum absolute atomic E-state index is 0.163. The van der Waals surface area contributed by atoms with Gasteiger partial charge in [0.05, 0.1) is 19.8 Å². The Hall–Kier alpha value is -5.43. The zero-order valence-electron chi connectivity index (χ0n) is 34.1. The highest BCUT2D eigenvalue weighted by atomic mass is 16.7.